The van der Waals surface area contributed by atoms with Gasteiger partial charge in [0, 0.05) is 19.8 Å². The molecule has 0 bridgehead atoms. The normalized spacial score (nSPS) is 13.3. The van der Waals surface area contributed by atoms with Gasteiger partial charge in [0.25, 0.3) is 0 Å². The number of hydrogen-bond donors (Lipinski definition) is 0. The first-order chi connectivity index (χ1) is 13.1. The predicted molar refractivity (Wildman–Crippen MR) is 116 cm³/mol. The Kier molecular flexibility index (Phi) is 16.9. The third-order valence-electron chi connectivity index (χ3n) is 5.57. The van der Waals surface area contributed by atoms with Crippen molar-refractivity contribution in [1.82, 2.24) is 0 Å². The predicted octanol–water partition coefficient (Wildman–Crippen LogP) is 3.18. The molecule has 1 rings (SSSR count). The first-order valence-electron chi connectivity index (χ1n) is 11.1. The maximum Gasteiger partial charge on any atom is 0.207 e. The van der Waals surface area contributed by atoms with Gasteiger partial charge in [-0.05, 0) is 12.8 Å². The second kappa shape index (κ2) is 17.3. The Bertz CT molecular complexity index is 453. The third-order valence-corrected chi connectivity index (χ3v) is 5.57. The van der Waals surface area contributed by atoms with Gasteiger partial charge in [0.1, 0.15) is 13.1 Å². The van der Waals surface area contributed by atoms with E-state index >= 15 is 0 Å². The lowest BCUT2D eigenvalue weighted by Crippen LogP contribution is -3.00. The van der Waals surface area contributed by atoms with E-state index in [0.717, 1.165) is 17.6 Å². The van der Waals surface area contributed by atoms with Crippen LogP contribution in [0.15, 0.2) is 30.3 Å². The SMILES string of the molecule is CCCCCCCCCCCC[N+](C)(Cc1ccccc1)CC(OC)OC.[Cl-]. The second-order valence-electron chi connectivity index (χ2n) is 8.25. The Hall–Kier alpha value is -0.610. The molecule has 0 amide bonds. The van der Waals surface area contributed by atoms with Gasteiger partial charge in [0.2, 0.25) is 6.29 Å². The monoisotopic (exact) mass is 413 g/mol. The van der Waals surface area contributed by atoms with E-state index in [4.69, 9.17) is 9.47 Å². The molecule has 1 unspecified atom stereocenters. The van der Waals surface area contributed by atoms with Crippen LogP contribution in [0.4, 0.5) is 0 Å². The molecular weight excluding hydrogens is 370 g/mol. The number of nitrogens with zero attached hydrogens (tertiary/aromatic N) is 1. The fourth-order valence-corrected chi connectivity index (χ4v) is 3.85. The Morgan fingerprint density at radius 3 is 1.79 bits per heavy atom. The van der Waals surface area contributed by atoms with Crippen LogP contribution in [-0.2, 0) is 16.0 Å². The molecule has 0 aliphatic carbocycles. The minimum Gasteiger partial charge on any atom is -1.00 e. The van der Waals surface area contributed by atoms with Crippen LogP contribution in [0.3, 0.4) is 0 Å². The third kappa shape index (κ3) is 12.8. The molecule has 164 valence electrons. The highest BCUT2D eigenvalue weighted by Gasteiger charge is 2.26. The molecule has 0 aliphatic heterocycles. The van der Waals surface area contributed by atoms with Crippen LogP contribution in [0.2, 0.25) is 0 Å². The van der Waals surface area contributed by atoms with Gasteiger partial charge in [-0.15, -0.1) is 0 Å². The van der Waals surface area contributed by atoms with E-state index in [1.807, 2.05) is 0 Å². The maximum absolute atomic E-state index is 5.49. The van der Waals surface area contributed by atoms with Crippen molar-refractivity contribution >= 4 is 0 Å². The summed E-state index contributed by atoms with van der Waals surface area (Å²) in [6, 6.07) is 10.8. The van der Waals surface area contributed by atoms with E-state index in [1.54, 1.807) is 14.2 Å². The number of methoxy groups -OCH3 is 2. The molecule has 0 spiro atoms. The van der Waals surface area contributed by atoms with E-state index in [9.17, 15) is 0 Å². The molecule has 0 aliphatic rings. The first kappa shape index (κ1) is 27.4. The average Bonchev–Trinajstić information content (AvgIpc) is 2.68. The number of hydrogen-bond acceptors (Lipinski definition) is 2. The number of rotatable bonds is 17. The molecule has 1 aromatic rings. The van der Waals surface area contributed by atoms with Gasteiger partial charge >= 0.3 is 0 Å². The summed E-state index contributed by atoms with van der Waals surface area (Å²) < 4.78 is 12.0. The van der Waals surface area contributed by atoms with Crippen LogP contribution >= 0.6 is 0 Å². The first-order valence-corrected chi connectivity index (χ1v) is 11.1. The number of halogens is 1. The maximum atomic E-state index is 5.49. The Morgan fingerprint density at radius 1 is 0.786 bits per heavy atom. The smallest absolute Gasteiger partial charge is 0.207 e. The quantitative estimate of drug-likeness (QED) is 0.222. The van der Waals surface area contributed by atoms with Crippen molar-refractivity contribution in [2.45, 2.75) is 84.0 Å². The molecule has 0 fully saturated rings. The van der Waals surface area contributed by atoms with Gasteiger partial charge in [0.15, 0.2) is 0 Å². The van der Waals surface area contributed by atoms with Crippen LogP contribution < -0.4 is 12.4 Å². The van der Waals surface area contributed by atoms with Gasteiger partial charge in [-0.2, -0.15) is 0 Å². The lowest BCUT2D eigenvalue weighted by molar-refractivity contribution is -0.928. The number of ether oxygens (including phenoxy) is 2. The molecule has 3 nitrogen and oxygen atoms in total. The summed E-state index contributed by atoms with van der Waals surface area (Å²) in [7, 11) is 5.81. The Balaban J connectivity index is 0.00000729. The van der Waals surface area contributed by atoms with E-state index in [1.165, 1.54) is 76.3 Å². The highest BCUT2D eigenvalue weighted by atomic mass is 35.5. The van der Waals surface area contributed by atoms with Gasteiger partial charge in [-0.25, -0.2) is 0 Å². The summed E-state index contributed by atoms with van der Waals surface area (Å²) >= 11 is 0. The number of unbranched alkanes of at least 4 members (excludes halogenated alkanes) is 9. The van der Waals surface area contributed by atoms with Crippen LogP contribution in [-0.4, -0.2) is 45.1 Å². The van der Waals surface area contributed by atoms with E-state index < -0.39 is 0 Å². The molecule has 0 aromatic heterocycles. The molecule has 1 atom stereocenters. The van der Waals surface area contributed by atoms with Gasteiger partial charge in [-0.3, -0.25) is 0 Å². The zero-order valence-electron chi connectivity index (χ0n) is 18.8. The van der Waals surface area contributed by atoms with E-state index in [0.29, 0.717) is 0 Å². The molecule has 1 aromatic carbocycles. The molecule has 0 N–H and O–H groups in total. The largest absolute Gasteiger partial charge is 1.00 e. The highest BCUT2D eigenvalue weighted by Crippen LogP contribution is 2.17. The van der Waals surface area contributed by atoms with E-state index in [-0.39, 0.29) is 18.7 Å². The van der Waals surface area contributed by atoms with Gasteiger partial charge in [-0.1, -0.05) is 88.6 Å². The standard InChI is InChI=1S/C24H44NO2.ClH/c1-5-6-7-8-9-10-11-12-13-17-20-25(2,22-24(26-3)27-4)21-23-18-15-14-16-19-23;/h14-16,18-19,24H,5-13,17,20-22H2,1-4H3;1H/q+1;/p-1. The molecule has 0 radical (unpaired) electrons. The van der Waals surface area contributed by atoms with Crippen molar-refractivity contribution in [2.24, 2.45) is 0 Å². The molecule has 4 heteroatoms. The lowest BCUT2D eigenvalue weighted by Gasteiger charge is -2.36. The average molecular weight is 414 g/mol. The highest BCUT2D eigenvalue weighted by molar-refractivity contribution is 5.13. The number of quaternary nitrogens is 1. The van der Waals surface area contributed by atoms with Crippen molar-refractivity contribution in [3.63, 3.8) is 0 Å². The molecule has 0 heterocycles. The van der Waals surface area contributed by atoms with Crippen molar-refractivity contribution < 1.29 is 26.4 Å². The van der Waals surface area contributed by atoms with Crippen LogP contribution in [0.1, 0.15) is 76.7 Å². The van der Waals surface area contributed by atoms with Crippen LogP contribution in [0, 0.1) is 0 Å². The molecule has 0 saturated carbocycles. The van der Waals surface area contributed by atoms with E-state index in [2.05, 4.69) is 44.3 Å². The summed E-state index contributed by atoms with van der Waals surface area (Å²) in [6.45, 7) is 5.38. The lowest BCUT2D eigenvalue weighted by atomic mass is 10.1. The number of benzene rings is 1. The minimum absolute atomic E-state index is 0. The van der Waals surface area contributed by atoms with Gasteiger partial charge < -0.3 is 26.4 Å². The van der Waals surface area contributed by atoms with Gasteiger partial charge in [0.05, 0.1) is 13.6 Å². The fourth-order valence-electron chi connectivity index (χ4n) is 3.85. The zero-order valence-corrected chi connectivity index (χ0v) is 19.6. The van der Waals surface area contributed by atoms with Crippen LogP contribution in [0.25, 0.3) is 0 Å². The summed E-state index contributed by atoms with van der Waals surface area (Å²) in [5.74, 6) is 0. The summed E-state index contributed by atoms with van der Waals surface area (Å²) in [5, 5.41) is 0. The zero-order chi connectivity index (χ0) is 19.8. The second-order valence-corrected chi connectivity index (χ2v) is 8.25. The fraction of sp³-hybridized carbons (Fsp3) is 0.750. The van der Waals surface area contributed by atoms with Crippen molar-refractivity contribution in [2.75, 3.05) is 34.4 Å². The summed E-state index contributed by atoms with van der Waals surface area (Å²) in [6.07, 6.45) is 13.7. The number of likely N-dealkylation sites (N-methyl/N-ethyl adjacent to an activating group) is 1. The summed E-state index contributed by atoms with van der Waals surface area (Å²) in [5.41, 5.74) is 1.39. The minimum atomic E-state index is -0.137. The van der Waals surface area contributed by atoms with Crippen molar-refractivity contribution in [1.29, 1.82) is 0 Å². The Labute approximate surface area is 180 Å². The molecular formula is C24H44ClNO2. The van der Waals surface area contributed by atoms with Crippen molar-refractivity contribution in [3.8, 4) is 0 Å². The Morgan fingerprint density at radius 2 is 1.29 bits per heavy atom. The van der Waals surface area contributed by atoms with Crippen molar-refractivity contribution in [3.05, 3.63) is 35.9 Å². The molecule has 28 heavy (non-hydrogen) atoms. The summed E-state index contributed by atoms with van der Waals surface area (Å²) in [4.78, 5) is 0. The molecule has 0 saturated heterocycles. The topological polar surface area (TPSA) is 18.5 Å². The van der Waals surface area contributed by atoms with Crippen LogP contribution in [0.5, 0.6) is 0 Å².